The van der Waals surface area contributed by atoms with Gasteiger partial charge >= 0.3 is 6.09 Å². The highest BCUT2D eigenvalue weighted by Gasteiger charge is 2.26. The summed E-state index contributed by atoms with van der Waals surface area (Å²) in [5, 5.41) is 2.72. The van der Waals surface area contributed by atoms with Gasteiger partial charge in [-0.25, -0.2) is 9.78 Å². The third kappa shape index (κ3) is 7.37. The Kier molecular flexibility index (Phi) is 7.33. The van der Waals surface area contributed by atoms with Gasteiger partial charge in [0.2, 0.25) is 5.91 Å². The Hall–Kier alpha value is -2.44. The number of hydrogen-bond donors (Lipinski definition) is 1. The lowest BCUT2D eigenvalue weighted by atomic mass is 9.91. The average molecular weight is 375 g/mol. The third-order valence-corrected chi connectivity index (χ3v) is 4.47. The predicted octanol–water partition coefficient (Wildman–Crippen LogP) is 3.65. The zero-order chi connectivity index (χ0) is 19.9. The number of nitrogens with zero attached hydrogens (tertiary/aromatic N) is 2. The molecular weight excluding hydrogens is 346 g/mol. The van der Waals surface area contributed by atoms with Gasteiger partial charge in [0, 0.05) is 31.3 Å². The quantitative estimate of drug-likeness (QED) is 0.767. The van der Waals surface area contributed by atoms with Gasteiger partial charge in [-0.15, -0.1) is 0 Å². The molecule has 0 spiro atoms. The molecule has 0 aromatic carbocycles. The lowest BCUT2D eigenvalue weighted by Crippen LogP contribution is -2.41. The molecule has 1 fully saturated rings. The third-order valence-electron chi connectivity index (χ3n) is 4.47. The maximum absolute atomic E-state index is 12.1. The number of aromatic nitrogens is 1. The Morgan fingerprint density at radius 1 is 1.33 bits per heavy atom. The summed E-state index contributed by atoms with van der Waals surface area (Å²) in [5.74, 6) is 0.819. The van der Waals surface area contributed by atoms with E-state index >= 15 is 0 Å². The number of anilines is 1. The first kappa shape index (κ1) is 20.9. The number of pyridine rings is 1. The lowest BCUT2D eigenvalue weighted by Gasteiger charge is -2.33. The maximum atomic E-state index is 12.1. The second kappa shape index (κ2) is 9.48. The van der Waals surface area contributed by atoms with Gasteiger partial charge in [0.25, 0.3) is 0 Å². The van der Waals surface area contributed by atoms with E-state index in [0.717, 1.165) is 32.0 Å². The second-order valence-corrected chi connectivity index (χ2v) is 7.94. The van der Waals surface area contributed by atoms with E-state index in [0.29, 0.717) is 36.8 Å². The van der Waals surface area contributed by atoms with E-state index in [9.17, 15) is 14.4 Å². The number of carbonyl (C=O) groups excluding carboxylic acids is 3. The van der Waals surface area contributed by atoms with E-state index in [1.165, 1.54) is 6.20 Å². The summed E-state index contributed by atoms with van der Waals surface area (Å²) in [6.07, 6.45) is 6.00. The van der Waals surface area contributed by atoms with E-state index in [1.54, 1.807) is 17.0 Å². The molecule has 0 bridgehead atoms. The van der Waals surface area contributed by atoms with Crippen molar-refractivity contribution < 1.29 is 19.1 Å². The van der Waals surface area contributed by atoms with Crippen LogP contribution in [0.2, 0.25) is 0 Å². The SMILES string of the molecule is CC(C)(C)OC(=O)N1CCC(CCCC(=O)Nc2cc(C=O)ccn2)CC1. The van der Waals surface area contributed by atoms with Crippen molar-refractivity contribution in [3.63, 3.8) is 0 Å². The minimum absolute atomic E-state index is 0.100. The van der Waals surface area contributed by atoms with Gasteiger partial charge in [-0.2, -0.15) is 0 Å². The van der Waals surface area contributed by atoms with Gasteiger partial charge in [-0.3, -0.25) is 9.59 Å². The number of aldehydes is 1. The van der Waals surface area contributed by atoms with Crippen LogP contribution in [0.15, 0.2) is 18.3 Å². The van der Waals surface area contributed by atoms with Gasteiger partial charge < -0.3 is 15.0 Å². The van der Waals surface area contributed by atoms with Crippen molar-refractivity contribution in [1.29, 1.82) is 0 Å². The molecular formula is C20H29N3O4. The van der Waals surface area contributed by atoms with E-state index < -0.39 is 5.60 Å². The highest BCUT2D eigenvalue weighted by molar-refractivity contribution is 5.90. The normalized spacial score (nSPS) is 15.3. The van der Waals surface area contributed by atoms with Gasteiger partial charge in [0.15, 0.2) is 0 Å². The molecule has 148 valence electrons. The number of amides is 2. The molecule has 2 rings (SSSR count). The fourth-order valence-corrected chi connectivity index (χ4v) is 3.08. The van der Waals surface area contributed by atoms with Crippen LogP contribution in [0.5, 0.6) is 0 Å². The highest BCUT2D eigenvalue weighted by Crippen LogP contribution is 2.24. The summed E-state index contributed by atoms with van der Waals surface area (Å²) in [6.45, 7) is 7.01. The molecule has 0 unspecified atom stereocenters. The molecule has 1 N–H and O–H groups in total. The van der Waals surface area contributed by atoms with Crippen LogP contribution in [0.25, 0.3) is 0 Å². The van der Waals surface area contributed by atoms with Crippen LogP contribution in [0, 0.1) is 5.92 Å². The molecule has 1 aromatic rings. The summed E-state index contributed by atoms with van der Waals surface area (Å²) in [6, 6.07) is 3.14. The van der Waals surface area contributed by atoms with Gasteiger partial charge in [-0.05, 0) is 64.5 Å². The molecule has 1 aromatic heterocycles. The molecule has 7 heteroatoms. The topological polar surface area (TPSA) is 88.6 Å². The molecule has 2 amide bonds. The van der Waals surface area contributed by atoms with Crippen molar-refractivity contribution >= 4 is 24.1 Å². The highest BCUT2D eigenvalue weighted by atomic mass is 16.6. The molecule has 0 saturated carbocycles. The summed E-state index contributed by atoms with van der Waals surface area (Å²) < 4.78 is 5.40. The molecule has 0 aliphatic carbocycles. The molecule has 0 atom stereocenters. The van der Waals surface area contributed by atoms with E-state index in [1.807, 2.05) is 20.8 Å². The smallest absolute Gasteiger partial charge is 0.410 e. The number of hydrogen-bond acceptors (Lipinski definition) is 5. The fraction of sp³-hybridized carbons (Fsp3) is 0.600. The maximum Gasteiger partial charge on any atom is 0.410 e. The summed E-state index contributed by atoms with van der Waals surface area (Å²) >= 11 is 0. The first-order valence-electron chi connectivity index (χ1n) is 9.46. The van der Waals surface area contributed by atoms with E-state index in [4.69, 9.17) is 4.74 Å². The van der Waals surface area contributed by atoms with Crippen LogP contribution in [0.3, 0.4) is 0 Å². The Bertz CT molecular complexity index is 661. The summed E-state index contributed by atoms with van der Waals surface area (Å²) in [4.78, 5) is 40.6. The van der Waals surface area contributed by atoms with Crippen molar-refractivity contribution in [2.24, 2.45) is 5.92 Å². The van der Waals surface area contributed by atoms with Crippen LogP contribution in [-0.4, -0.2) is 46.9 Å². The molecule has 27 heavy (non-hydrogen) atoms. The molecule has 1 aliphatic rings. The van der Waals surface area contributed by atoms with Crippen LogP contribution >= 0.6 is 0 Å². The zero-order valence-corrected chi connectivity index (χ0v) is 16.4. The van der Waals surface area contributed by atoms with Gasteiger partial charge in [0.05, 0.1) is 0 Å². The standard InChI is InChI=1S/C20H29N3O4/c1-20(2,3)27-19(26)23-11-8-15(9-12-23)5-4-6-18(25)22-17-13-16(14-24)7-10-21-17/h7,10,13-15H,4-6,8-9,11-12H2,1-3H3,(H,21,22,25). The molecule has 1 aliphatic heterocycles. The van der Waals surface area contributed by atoms with Crippen molar-refractivity contribution in [1.82, 2.24) is 9.88 Å². The average Bonchev–Trinajstić information content (AvgIpc) is 2.61. The summed E-state index contributed by atoms with van der Waals surface area (Å²) in [5.41, 5.74) is 0.0125. The Morgan fingerprint density at radius 3 is 2.67 bits per heavy atom. The van der Waals surface area contributed by atoms with Gasteiger partial charge in [-0.1, -0.05) is 0 Å². The lowest BCUT2D eigenvalue weighted by molar-refractivity contribution is -0.116. The number of likely N-dealkylation sites (tertiary alicyclic amines) is 1. The Labute approximate surface area is 160 Å². The first-order chi connectivity index (χ1) is 12.8. The minimum Gasteiger partial charge on any atom is -0.444 e. The number of rotatable bonds is 6. The second-order valence-electron chi connectivity index (χ2n) is 7.94. The predicted molar refractivity (Wildman–Crippen MR) is 103 cm³/mol. The van der Waals surface area contributed by atoms with Crippen molar-refractivity contribution in [3.8, 4) is 0 Å². The first-order valence-corrected chi connectivity index (χ1v) is 9.46. The number of nitrogens with one attached hydrogen (secondary N) is 1. The summed E-state index contributed by atoms with van der Waals surface area (Å²) in [7, 11) is 0. The van der Waals surface area contributed by atoms with Gasteiger partial charge in [0.1, 0.15) is 17.7 Å². The Morgan fingerprint density at radius 2 is 2.04 bits per heavy atom. The van der Waals surface area contributed by atoms with E-state index in [-0.39, 0.29) is 12.0 Å². The number of ether oxygens (including phenoxy) is 1. The van der Waals surface area contributed by atoms with Crippen molar-refractivity contribution in [3.05, 3.63) is 23.9 Å². The van der Waals surface area contributed by atoms with Crippen LogP contribution in [-0.2, 0) is 9.53 Å². The monoisotopic (exact) mass is 375 g/mol. The number of piperidine rings is 1. The zero-order valence-electron chi connectivity index (χ0n) is 16.4. The van der Waals surface area contributed by atoms with Crippen LogP contribution in [0.4, 0.5) is 10.6 Å². The van der Waals surface area contributed by atoms with Crippen LogP contribution < -0.4 is 5.32 Å². The fourth-order valence-electron chi connectivity index (χ4n) is 3.08. The molecule has 7 nitrogen and oxygen atoms in total. The van der Waals surface area contributed by atoms with Crippen LogP contribution in [0.1, 0.15) is 63.2 Å². The largest absolute Gasteiger partial charge is 0.444 e. The molecule has 2 heterocycles. The van der Waals surface area contributed by atoms with Crippen molar-refractivity contribution in [2.45, 2.75) is 58.5 Å². The Balaban J connectivity index is 1.66. The van der Waals surface area contributed by atoms with Crippen molar-refractivity contribution in [2.75, 3.05) is 18.4 Å². The van der Waals surface area contributed by atoms with E-state index in [2.05, 4.69) is 10.3 Å². The molecule has 1 saturated heterocycles. The minimum atomic E-state index is -0.471. The molecule has 0 radical (unpaired) electrons. The number of carbonyl (C=O) groups is 3.